The molecule has 5 heteroatoms. The highest BCUT2D eigenvalue weighted by Gasteiger charge is 2.09. The second-order valence-corrected chi connectivity index (χ2v) is 6.92. The molecule has 2 N–H and O–H groups in total. The highest BCUT2D eigenvalue weighted by molar-refractivity contribution is 5.84. The van der Waals surface area contributed by atoms with E-state index in [9.17, 15) is 4.79 Å². The number of likely N-dealkylation sites (N-methyl/N-ethyl adjacent to an activating group) is 1. The van der Waals surface area contributed by atoms with Crippen molar-refractivity contribution in [3.05, 3.63) is 35.4 Å². The van der Waals surface area contributed by atoms with Crippen LogP contribution in [0.1, 0.15) is 37.8 Å². The average Bonchev–Trinajstić information content (AvgIpc) is 2.53. The van der Waals surface area contributed by atoms with Gasteiger partial charge in [-0.3, -0.25) is 4.79 Å². The number of benzene rings is 1. The van der Waals surface area contributed by atoms with Crippen LogP contribution in [0.4, 0.5) is 0 Å². The molecule has 0 aliphatic heterocycles. The van der Waals surface area contributed by atoms with Crippen LogP contribution in [0.15, 0.2) is 29.3 Å². The molecule has 134 valence electrons. The van der Waals surface area contributed by atoms with Gasteiger partial charge in [-0.15, -0.1) is 0 Å². The van der Waals surface area contributed by atoms with E-state index in [1.807, 2.05) is 0 Å². The topological polar surface area (TPSA) is 56.7 Å². The van der Waals surface area contributed by atoms with Gasteiger partial charge in [0, 0.05) is 27.2 Å². The van der Waals surface area contributed by atoms with Crippen LogP contribution in [0.5, 0.6) is 0 Å². The number of carbonyl (C=O) groups is 1. The van der Waals surface area contributed by atoms with Crippen molar-refractivity contribution in [3.63, 3.8) is 0 Å². The molecule has 0 saturated heterocycles. The van der Waals surface area contributed by atoms with Gasteiger partial charge in [-0.1, -0.05) is 50.6 Å². The lowest BCUT2D eigenvalue weighted by Crippen LogP contribution is -2.41. The molecule has 0 heterocycles. The molecule has 0 aromatic heterocycles. The summed E-state index contributed by atoms with van der Waals surface area (Å²) in [5.41, 5.74) is 2.56. The van der Waals surface area contributed by atoms with Crippen LogP contribution >= 0.6 is 0 Å². The quantitative estimate of drug-likeness (QED) is 0.595. The number of hydrogen-bond donors (Lipinski definition) is 2. The van der Waals surface area contributed by atoms with Gasteiger partial charge in [0.05, 0.1) is 0 Å². The van der Waals surface area contributed by atoms with Gasteiger partial charge in [0.2, 0.25) is 5.91 Å². The Kier molecular flexibility index (Phi) is 8.30. The first-order chi connectivity index (χ1) is 11.3. The molecule has 1 aromatic carbocycles. The van der Waals surface area contributed by atoms with E-state index in [-0.39, 0.29) is 12.5 Å². The summed E-state index contributed by atoms with van der Waals surface area (Å²) in [4.78, 5) is 17.7. The predicted molar refractivity (Wildman–Crippen MR) is 101 cm³/mol. The first-order valence-electron chi connectivity index (χ1n) is 8.58. The number of aliphatic imine (C=N–C) groups is 1. The Bertz CT molecular complexity index is 535. The number of amides is 1. The normalized spacial score (nSPS) is 12.9. The zero-order valence-electron chi connectivity index (χ0n) is 15.9. The summed E-state index contributed by atoms with van der Waals surface area (Å²) in [6.45, 7) is 10.3. The first kappa shape index (κ1) is 20.0. The minimum atomic E-state index is -0.00719. The van der Waals surface area contributed by atoms with E-state index in [1.165, 1.54) is 11.1 Å². The molecule has 0 radical (unpaired) electrons. The van der Waals surface area contributed by atoms with Crippen LogP contribution in [-0.4, -0.2) is 50.5 Å². The fourth-order valence-corrected chi connectivity index (χ4v) is 2.03. The molecule has 0 spiro atoms. The largest absolute Gasteiger partial charge is 0.356 e. The van der Waals surface area contributed by atoms with Gasteiger partial charge in [0.25, 0.3) is 0 Å². The molecule has 1 atom stereocenters. The summed E-state index contributed by atoms with van der Waals surface area (Å²) in [7, 11) is 3.48. The van der Waals surface area contributed by atoms with Gasteiger partial charge in [0.1, 0.15) is 6.54 Å². The van der Waals surface area contributed by atoms with Crippen LogP contribution < -0.4 is 10.6 Å². The van der Waals surface area contributed by atoms with Crippen LogP contribution in [-0.2, 0) is 4.79 Å². The van der Waals surface area contributed by atoms with Crippen LogP contribution in [0.2, 0.25) is 0 Å². The minimum absolute atomic E-state index is 0.00719. The van der Waals surface area contributed by atoms with Crippen molar-refractivity contribution in [2.75, 3.05) is 33.7 Å². The number of nitrogens with one attached hydrogen (secondary N) is 2. The maximum Gasteiger partial charge on any atom is 0.243 e. The molecule has 0 aliphatic rings. The average molecular weight is 332 g/mol. The number of aryl methyl sites for hydroxylation is 1. The van der Waals surface area contributed by atoms with Crippen LogP contribution in [0.25, 0.3) is 0 Å². The highest BCUT2D eigenvalue weighted by Crippen LogP contribution is 2.14. The number of guanidine groups is 1. The Morgan fingerprint density at radius 2 is 1.67 bits per heavy atom. The van der Waals surface area contributed by atoms with E-state index in [0.29, 0.717) is 17.8 Å². The van der Waals surface area contributed by atoms with E-state index in [0.717, 1.165) is 13.1 Å². The monoisotopic (exact) mass is 332 g/mol. The molecule has 1 aromatic rings. The highest BCUT2D eigenvalue weighted by atomic mass is 16.2. The van der Waals surface area contributed by atoms with Crippen molar-refractivity contribution in [3.8, 4) is 0 Å². The summed E-state index contributed by atoms with van der Waals surface area (Å²) >= 11 is 0. The van der Waals surface area contributed by atoms with E-state index in [4.69, 9.17) is 0 Å². The zero-order valence-corrected chi connectivity index (χ0v) is 15.9. The van der Waals surface area contributed by atoms with E-state index < -0.39 is 0 Å². The molecule has 1 amide bonds. The molecule has 0 aliphatic carbocycles. The number of nitrogens with zero attached hydrogens (tertiary/aromatic N) is 2. The van der Waals surface area contributed by atoms with E-state index >= 15 is 0 Å². The molecule has 1 rings (SSSR count). The molecule has 0 bridgehead atoms. The molecule has 5 nitrogen and oxygen atoms in total. The van der Waals surface area contributed by atoms with Crippen molar-refractivity contribution in [2.24, 2.45) is 10.9 Å². The van der Waals surface area contributed by atoms with Crippen molar-refractivity contribution in [1.82, 2.24) is 15.5 Å². The molecule has 24 heavy (non-hydrogen) atoms. The third-order valence-corrected chi connectivity index (χ3v) is 3.77. The van der Waals surface area contributed by atoms with Crippen molar-refractivity contribution in [1.29, 1.82) is 0 Å². The predicted octanol–water partition coefficient (Wildman–Crippen LogP) is 2.38. The third-order valence-electron chi connectivity index (χ3n) is 3.77. The second kappa shape index (κ2) is 9.96. The van der Waals surface area contributed by atoms with Gasteiger partial charge in [0.15, 0.2) is 5.96 Å². The number of rotatable bonds is 7. The first-order valence-corrected chi connectivity index (χ1v) is 8.58. The van der Waals surface area contributed by atoms with Gasteiger partial charge < -0.3 is 15.5 Å². The van der Waals surface area contributed by atoms with E-state index in [2.05, 4.69) is 67.6 Å². The van der Waals surface area contributed by atoms with Gasteiger partial charge in [-0.2, -0.15) is 0 Å². The summed E-state index contributed by atoms with van der Waals surface area (Å²) < 4.78 is 0. The standard InChI is InChI=1S/C19H32N4O/c1-14(2)11-20-19(22-13-18(24)23(5)6)21-12-16(4)17-9-7-15(3)8-10-17/h7-10,14,16H,11-13H2,1-6H3,(H2,20,21,22). The van der Waals surface area contributed by atoms with Gasteiger partial charge >= 0.3 is 0 Å². The number of hydrogen-bond acceptors (Lipinski definition) is 2. The van der Waals surface area contributed by atoms with Crippen molar-refractivity contribution in [2.45, 2.75) is 33.6 Å². The van der Waals surface area contributed by atoms with Crippen molar-refractivity contribution < 1.29 is 4.79 Å². The molecular formula is C19H32N4O. The Balaban J connectivity index is 2.64. The van der Waals surface area contributed by atoms with Crippen LogP contribution in [0.3, 0.4) is 0 Å². The van der Waals surface area contributed by atoms with Crippen LogP contribution in [0, 0.1) is 12.8 Å². The minimum Gasteiger partial charge on any atom is -0.356 e. The molecule has 0 fully saturated rings. The fraction of sp³-hybridized carbons (Fsp3) is 0.579. The Hall–Kier alpha value is -2.04. The zero-order chi connectivity index (χ0) is 18.1. The Labute approximate surface area is 146 Å². The lowest BCUT2D eigenvalue weighted by atomic mass is 10.0. The van der Waals surface area contributed by atoms with Crippen molar-refractivity contribution >= 4 is 11.9 Å². The smallest absolute Gasteiger partial charge is 0.243 e. The Morgan fingerprint density at radius 3 is 2.21 bits per heavy atom. The maximum atomic E-state index is 11.7. The molecular weight excluding hydrogens is 300 g/mol. The summed E-state index contributed by atoms with van der Waals surface area (Å²) in [6, 6.07) is 8.59. The fourth-order valence-electron chi connectivity index (χ4n) is 2.03. The number of carbonyl (C=O) groups excluding carboxylic acids is 1. The van der Waals surface area contributed by atoms with E-state index in [1.54, 1.807) is 19.0 Å². The maximum absolute atomic E-state index is 11.7. The SMILES string of the molecule is Cc1ccc(C(C)CNC(=NCC(=O)N(C)C)NCC(C)C)cc1. The van der Waals surface area contributed by atoms with Gasteiger partial charge in [-0.05, 0) is 24.3 Å². The Morgan fingerprint density at radius 1 is 1.08 bits per heavy atom. The second-order valence-electron chi connectivity index (χ2n) is 6.92. The van der Waals surface area contributed by atoms with Gasteiger partial charge in [-0.25, -0.2) is 4.99 Å². The third kappa shape index (κ3) is 7.49. The molecule has 0 saturated carbocycles. The lowest BCUT2D eigenvalue weighted by Gasteiger charge is -2.18. The summed E-state index contributed by atoms with van der Waals surface area (Å²) in [5.74, 6) is 1.56. The summed E-state index contributed by atoms with van der Waals surface area (Å²) in [5, 5.41) is 6.65. The molecule has 1 unspecified atom stereocenters. The summed E-state index contributed by atoms with van der Waals surface area (Å²) in [6.07, 6.45) is 0. The lowest BCUT2D eigenvalue weighted by molar-refractivity contribution is -0.127.